The van der Waals surface area contributed by atoms with E-state index in [1.807, 2.05) is 0 Å². The van der Waals surface area contributed by atoms with Crippen molar-refractivity contribution in [3.05, 3.63) is 0 Å². The van der Waals surface area contributed by atoms with Crippen LogP contribution in [0.4, 0.5) is 0 Å². The van der Waals surface area contributed by atoms with Crippen molar-refractivity contribution in [2.75, 3.05) is 0 Å². The standard InChI is InChI=1S/C7H14N2O/c8-6-2-1-3-7(9-10)5-4-6/h6,10H,1-5,8H2. The van der Waals surface area contributed by atoms with Crippen molar-refractivity contribution >= 4 is 5.71 Å². The molecular formula is C7H14N2O. The van der Waals surface area contributed by atoms with E-state index in [2.05, 4.69) is 5.16 Å². The predicted octanol–water partition coefficient (Wildman–Crippen LogP) is 1.11. The maximum atomic E-state index is 8.45. The van der Waals surface area contributed by atoms with Crippen LogP contribution in [0.15, 0.2) is 5.16 Å². The van der Waals surface area contributed by atoms with Crippen LogP contribution in [0.25, 0.3) is 0 Å². The van der Waals surface area contributed by atoms with Gasteiger partial charge in [0.05, 0.1) is 5.71 Å². The van der Waals surface area contributed by atoms with Crippen LogP contribution in [0.2, 0.25) is 0 Å². The zero-order valence-electron chi connectivity index (χ0n) is 6.08. The molecule has 1 aliphatic rings. The van der Waals surface area contributed by atoms with Gasteiger partial charge in [-0.1, -0.05) is 5.16 Å². The second kappa shape index (κ2) is 3.56. The van der Waals surface area contributed by atoms with Crippen molar-refractivity contribution in [1.29, 1.82) is 0 Å². The Labute approximate surface area is 60.9 Å². The summed E-state index contributed by atoms with van der Waals surface area (Å²) in [6, 6.07) is 0.319. The zero-order chi connectivity index (χ0) is 7.40. The first kappa shape index (κ1) is 7.54. The Morgan fingerprint density at radius 1 is 1.40 bits per heavy atom. The van der Waals surface area contributed by atoms with Crippen LogP contribution in [-0.4, -0.2) is 17.0 Å². The zero-order valence-corrected chi connectivity index (χ0v) is 6.08. The van der Waals surface area contributed by atoms with Crippen LogP contribution in [0.5, 0.6) is 0 Å². The predicted molar refractivity (Wildman–Crippen MR) is 40.3 cm³/mol. The first-order valence-corrected chi connectivity index (χ1v) is 3.78. The van der Waals surface area contributed by atoms with Crippen molar-refractivity contribution in [2.45, 2.75) is 38.1 Å². The molecule has 1 unspecified atom stereocenters. The number of rotatable bonds is 0. The molecule has 1 atom stereocenters. The third-order valence-electron chi connectivity index (χ3n) is 1.99. The highest BCUT2D eigenvalue weighted by Crippen LogP contribution is 2.13. The Bertz CT molecular complexity index is 134. The number of hydrogen-bond acceptors (Lipinski definition) is 3. The Morgan fingerprint density at radius 2 is 2.20 bits per heavy atom. The maximum Gasteiger partial charge on any atom is 0.0571 e. The van der Waals surface area contributed by atoms with Gasteiger partial charge in [0.1, 0.15) is 0 Å². The molecule has 0 aliphatic heterocycles. The molecule has 0 radical (unpaired) electrons. The van der Waals surface area contributed by atoms with Crippen molar-refractivity contribution in [3.63, 3.8) is 0 Å². The molecule has 1 aliphatic carbocycles. The van der Waals surface area contributed by atoms with Gasteiger partial charge >= 0.3 is 0 Å². The Kier molecular flexibility index (Phi) is 2.68. The lowest BCUT2D eigenvalue weighted by atomic mass is 10.1. The molecule has 0 aromatic rings. The SMILES string of the molecule is NC1CCCC(=NO)CC1. The quantitative estimate of drug-likeness (QED) is 0.302. The van der Waals surface area contributed by atoms with Crippen LogP contribution in [-0.2, 0) is 0 Å². The minimum atomic E-state index is 0.319. The molecule has 0 saturated heterocycles. The Hall–Kier alpha value is -0.570. The first-order valence-electron chi connectivity index (χ1n) is 3.78. The van der Waals surface area contributed by atoms with E-state index in [9.17, 15) is 0 Å². The fourth-order valence-electron chi connectivity index (χ4n) is 1.29. The summed E-state index contributed by atoms with van der Waals surface area (Å²) in [5.41, 5.74) is 6.63. The summed E-state index contributed by atoms with van der Waals surface area (Å²) in [7, 11) is 0. The van der Waals surface area contributed by atoms with E-state index < -0.39 is 0 Å². The number of nitrogens with two attached hydrogens (primary N) is 1. The fraction of sp³-hybridized carbons (Fsp3) is 0.857. The largest absolute Gasteiger partial charge is 0.411 e. The molecule has 1 fully saturated rings. The lowest BCUT2D eigenvalue weighted by molar-refractivity contribution is 0.316. The van der Waals surface area contributed by atoms with E-state index >= 15 is 0 Å². The van der Waals surface area contributed by atoms with E-state index in [4.69, 9.17) is 10.9 Å². The summed E-state index contributed by atoms with van der Waals surface area (Å²) < 4.78 is 0. The van der Waals surface area contributed by atoms with Gasteiger partial charge in [0.25, 0.3) is 0 Å². The van der Waals surface area contributed by atoms with Crippen molar-refractivity contribution in [3.8, 4) is 0 Å². The van der Waals surface area contributed by atoms with Crippen LogP contribution in [0.3, 0.4) is 0 Å². The summed E-state index contributed by atoms with van der Waals surface area (Å²) in [5.74, 6) is 0. The minimum absolute atomic E-state index is 0.319. The lowest BCUT2D eigenvalue weighted by Crippen LogP contribution is -2.18. The van der Waals surface area contributed by atoms with Gasteiger partial charge < -0.3 is 10.9 Å². The van der Waals surface area contributed by atoms with Crippen LogP contribution in [0, 0.1) is 0 Å². The molecule has 1 saturated carbocycles. The van der Waals surface area contributed by atoms with Gasteiger partial charge in [-0.3, -0.25) is 0 Å². The van der Waals surface area contributed by atoms with Gasteiger partial charge in [-0.2, -0.15) is 0 Å². The van der Waals surface area contributed by atoms with Gasteiger partial charge in [-0.25, -0.2) is 0 Å². The fourth-order valence-corrected chi connectivity index (χ4v) is 1.29. The summed E-state index contributed by atoms with van der Waals surface area (Å²) >= 11 is 0. The van der Waals surface area contributed by atoms with E-state index in [0.29, 0.717) is 6.04 Å². The molecule has 0 aromatic carbocycles. The third kappa shape index (κ3) is 1.99. The lowest BCUT2D eigenvalue weighted by Gasteiger charge is -2.03. The Balaban J connectivity index is 2.41. The molecule has 0 amide bonds. The molecule has 0 bridgehead atoms. The van der Waals surface area contributed by atoms with Gasteiger partial charge in [-0.05, 0) is 32.1 Å². The maximum absolute atomic E-state index is 8.45. The topological polar surface area (TPSA) is 58.6 Å². The molecular weight excluding hydrogens is 128 g/mol. The molecule has 0 spiro atoms. The smallest absolute Gasteiger partial charge is 0.0571 e. The van der Waals surface area contributed by atoms with E-state index in [-0.39, 0.29) is 0 Å². The van der Waals surface area contributed by atoms with Gasteiger partial charge in [-0.15, -0.1) is 0 Å². The number of hydrogen-bond donors (Lipinski definition) is 2. The molecule has 0 aromatic heterocycles. The molecule has 1 rings (SSSR count). The first-order chi connectivity index (χ1) is 4.83. The average molecular weight is 142 g/mol. The average Bonchev–Trinajstić information content (AvgIpc) is 2.14. The Morgan fingerprint density at radius 3 is 2.90 bits per heavy atom. The summed E-state index contributed by atoms with van der Waals surface area (Å²) in [4.78, 5) is 0. The van der Waals surface area contributed by atoms with Crippen molar-refractivity contribution < 1.29 is 5.21 Å². The molecule has 10 heavy (non-hydrogen) atoms. The molecule has 3 heteroatoms. The highest BCUT2D eigenvalue weighted by atomic mass is 16.4. The molecule has 3 nitrogen and oxygen atoms in total. The van der Waals surface area contributed by atoms with Gasteiger partial charge in [0.2, 0.25) is 0 Å². The normalized spacial score (nSPS) is 32.1. The number of nitrogens with zero attached hydrogens (tertiary/aromatic N) is 1. The summed E-state index contributed by atoms with van der Waals surface area (Å²) in [6.07, 6.45) is 4.90. The third-order valence-corrected chi connectivity index (χ3v) is 1.99. The minimum Gasteiger partial charge on any atom is -0.411 e. The monoisotopic (exact) mass is 142 g/mol. The highest BCUT2D eigenvalue weighted by Gasteiger charge is 2.11. The van der Waals surface area contributed by atoms with Crippen LogP contribution >= 0.6 is 0 Å². The second-order valence-electron chi connectivity index (χ2n) is 2.86. The van der Waals surface area contributed by atoms with E-state index in [1.54, 1.807) is 0 Å². The summed E-state index contributed by atoms with van der Waals surface area (Å²) in [6.45, 7) is 0. The van der Waals surface area contributed by atoms with Gasteiger partial charge in [0, 0.05) is 6.04 Å². The second-order valence-corrected chi connectivity index (χ2v) is 2.86. The van der Waals surface area contributed by atoms with Crippen molar-refractivity contribution in [1.82, 2.24) is 0 Å². The van der Waals surface area contributed by atoms with Gasteiger partial charge in [0.15, 0.2) is 0 Å². The highest BCUT2D eigenvalue weighted by molar-refractivity contribution is 5.84. The van der Waals surface area contributed by atoms with E-state index in [0.717, 1.165) is 37.8 Å². The van der Waals surface area contributed by atoms with Crippen molar-refractivity contribution in [2.24, 2.45) is 10.9 Å². The van der Waals surface area contributed by atoms with Crippen LogP contribution < -0.4 is 5.73 Å². The summed E-state index contributed by atoms with van der Waals surface area (Å²) in [5, 5.41) is 11.7. The number of oxime groups is 1. The molecule has 58 valence electrons. The van der Waals surface area contributed by atoms with Crippen LogP contribution in [0.1, 0.15) is 32.1 Å². The molecule has 3 N–H and O–H groups in total. The molecule has 0 heterocycles. The van der Waals surface area contributed by atoms with E-state index in [1.165, 1.54) is 0 Å².